The van der Waals surface area contributed by atoms with Crippen LogP contribution >= 0.6 is 0 Å². The van der Waals surface area contributed by atoms with E-state index in [0.29, 0.717) is 35.9 Å². The first-order valence-electron chi connectivity index (χ1n) is 9.70. The molecule has 0 aliphatic carbocycles. The van der Waals surface area contributed by atoms with Gasteiger partial charge in [-0.2, -0.15) is 0 Å². The Morgan fingerprint density at radius 2 is 1.93 bits per heavy atom. The third-order valence-electron chi connectivity index (χ3n) is 5.36. The Kier molecular flexibility index (Phi) is 5.40. The number of benzene rings is 2. The van der Waals surface area contributed by atoms with Crippen molar-refractivity contribution >= 4 is 23.2 Å². The van der Waals surface area contributed by atoms with Gasteiger partial charge in [0.25, 0.3) is 11.8 Å². The molecule has 2 aliphatic heterocycles. The van der Waals surface area contributed by atoms with Gasteiger partial charge in [-0.3, -0.25) is 9.59 Å². The number of nitrogens with one attached hydrogen (secondary N) is 1. The van der Waals surface area contributed by atoms with E-state index in [0.717, 1.165) is 30.5 Å². The van der Waals surface area contributed by atoms with Crippen LogP contribution in [0.3, 0.4) is 0 Å². The fraction of sp³-hybridized carbons (Fsp3) is 0.364. The van der Waals surface area contributed by atoms with Gasteiger partial charge in [-0.15, -0.1) is 0 Å². The third kappa shape index (κ3) is 3.78. The van der Waals surface area contributed by atoms with Gasteiger partial charge in [-0.05, 0) is 55.2 Å². The Labute approximate surface area is 169 Å². The number of amides is 2. The van der Waals surface area contributed by atoms with Crippen molar-refractivity contribution in [3.63, 3.8) is 0 Å². The average molecular weight is 396 g/mol. The largest absolute Gasteiger partial charge is 0.493 e. The van der Waals surface area contributed by atoms with E-state index in [2.05, 4.69) is 5.32 Å². The summed E-state index contributed by atoms with van der Waals surface area (Å²) in [5.74, 6) is 0.790. The van der Waals surface area contributed by atoms with Gasteiger partial charge in [0.2, 0.25) is 0 Å². The maximum absolute atomic E-state index is 12.8. The number of methoxy groups -OCH3 is 2. The van der Waals surface area contributed by atoms with Crippen LogP contribution in [-0.2, 0) is 16.0 Å². The number of carbonyl (C=O) groups excluding carboxylic acids is 2. The van der Waals surface area contributed by atoms with Crippen LogP contribution in [0.25, 0.3) is 0 Å². The third-order valence-corrected chi connectivity index (χ3v) is 5.36. The monoisotopic (exact) mass is 396 g/mol. The van der Waals surface area contributed by atoms with Crippen LogP contribution in [0, 0.1) is 0 Å². The van der Waals surface area contributed by atoms with E-state index in [1.165, 1.54) is 7.11 Å². The molecular formula is C22H24N2O5. The van der Waals surface area contributed by atoms with Gasteiger partial charge in [-0.25, -0.2) is 0 Å². The van der Waals surface area contributed by atoms with Gasteiger partial charge in [0.15, 0.2) is 11.5 Å². The number of carbonyl (C=O) groups is 2. The second-order valence-electron chi connectivity index (χ2n) is 7.11. The van der Waals surface area contributed by atoms with Gasteiger partial charge in [-0.1, -0.05) is 6.07 Å². The molecule has 1 N–H and O–H groups in total. The Morgan fingerprint density at radius 1 is 1.10 bits per heavy atom. The maximum Gasteiger partial charge on any atom is 0.256 e. The molecule has 4 rings (SSSR count). The summed E-state index contributed by atoms with van der Waals surface area (Å²) >= 11 is 0. The molecule has 0 radical (unpaired) electrons. The summed E-state index contributed by atoms with van der Waals surface area (Å²) in [6.07, 6.45) is 2.13. The topological polar surface area (TPSA) is 77.1 Å². The molecule has 7 heteroatoms. The zero-order valence-electron chi connectivity index (χ0n) is 16.6. The van der Waals surface area contributed by atoms with Crippen LogP contribution in [0.2, 0.25) is 0 Å². The van der Waals surface area contributed by atoms with Crippen molar-refractivity contribution in [2.45, 2.75) is 25.4 Å². The normalized spacial score (nSPS) is 17.7. The molecule has 7 nitrogen and oxygen atoms in total. The van der Waals surface area contributed by atoms with Crippen molar-refractivity contribution in [3.05, 3.63) is 47.5 Å². The highest BCUT2D eigenvalue weighted by molar-refractivity contribution is 6.05. The molecule has 2 heterocycles. The lowest BCUT2D eigenvalue weighted by molar-refractivity contribution is -0.127. The van der Waals surface area contributed by atoms with E-state index in [1.807, 2.05) is 18.2 Å². The Bertz CT molecular complexity index is 937. The molecule has 152 valence electrons. The minimum Gasteiger partial charge on any atom is -0.493 e. The molecule has 0 saturated carbocycles. The van der Waals surface area contributed by atoms with Crippen LogP contribution < -0.4 is 19.7 Å². The van der Waals surface area contributed by atoms with E-state index in [-0.39, 0.29) is 17.9 Å². The number of hydrogen-bond donors (Lipinski definition) is 1. The van der Waals surface area contributed by atoms with Gasteiger partial charge < -0.3 is 24.4 Å². The van der Waals surface area contributed by atoms with Crippen molar-refractivity contribution in [1.82, 2.24) is 0 Å². The van der Waals surface area contributed by atoms with Crippen molar-refractivity contribution < 1.29 is 23.8 Å². The molecule has 0 unspecified atom stereocenters. The van der Waals surface area contributed by atoms with Crippen LogP contribution in [0.15, 0.2) is 36.4 Å². The van der Waals surface area contributed by atoms with Crippen LogP contribution in [0.1, 0.15) is 28.8 Å². The minimum absolute atomic E-state index is 0.00428. The standard InChI is InChI=1S/C22H24N2O5/c1-27-18-8-6-15(12-20(18)28-2)21(25)23-16-7-5-14-9-10-24(17(14)13-16)22(26)19-4-3-11-29-19/h5-8,12-13,19H,3-4,9-11H2,1-2H3,(H,23,25)/t19-/m0/s1. The lowest BCUT2D eigenvalue weighted by atomic mass is 10.1. The number of rotatable bonds is 5. The molecule has 0 bridgehead atoms. The first-order valence-corrected chi connectivity index (χ1v) is 9.70. The van der Waals surface area contributed by atoms with Crippen LogP contribution in [0.5, 0.6) is 11.5 Å². The molecule has 1 saturated heterocycles. The van der Waals surface area contributed by atoms with Gasteiger partial charge in [0.1, 0.15) is 6.10 Å². The van der Waals surface area contributed by atoms with Gasteiger partial charge >= 0.3 is 0 Å². The molecule has 1 atom stereocenters. The average Bonchev–Trinajstić information content (AvgIpc) is 3.42. The lowest BCUT2D eigenvalue weighted by Gasteiger charge is -2.21. The highest BCUT2D eigenvalue weighted by Gasteiger charge is 2.32. The number of hydrogen-bond acceptors (Lipinski definition) is 5. The molecule has 2 aromatic carbocycles. The highest BCUT2D eigenvalue weighted by Crippen LogP contribution is 2.33. The first-order chi connectivity index (χ1) is 14.1. The summed E-state index contributed by atoms with van der Waals surface area (Å²) in [7, 11) is 3.07. The molecule has 2 amide bonds. The summed E-state index contributed by atoms with van der Waals surface area (Å²) in [6.45, 7) is 1.28. The van der Waals surface area contributed by atoms with Crippen molar-refractivity contribution in [1.29, 1.82) is 0 Å². The highest BCUT2D eigenvalue weighted by atomic mass is 16.5. The van der Waals surface area contributed by atoms with Crippen molar-refractivity contribution in [3.8, 4) is 11.5 Å². The fourth-order valence-corrected chi connectivity index (χ4v) is 3.81. The summed E-state index contributed by atoms with van der Waals surface area (Å²) in [4.78, 5) is 27.3. The Balaban J connectivity index is 1.52. The molecule has 0 aromatic heterocycles. The predicted molar refractivity (Wildman–Crippen MR) is 109 cm³/mol. The maximum atomic E-state index is 12.8. The van der Waals surface area contributed by atoms with Gasteiger partial charge in [0, 0.05) is 30.1 Å². The summed E-state index contributed by atoms with van der Waals surface area (Å²) in [5.41, 5.74) is 3.03. The molecule has 2 aliphatic rings. The van der Waals surface area contributed by atoms with E-state index < -0.39 is 0 Å². The van der Waals surface area contributed by atoms with E-state index in [9.17, 15) is 9.59 Å². The Morgan fingerprint density at radius 3 is 2.66 bits per heavy atom. The second kappa shape index (κ2) is 8.13. The number of anilines is 2. The molecule has 0 spiro atoms. The zero-order chi connectivity index (χ0) is 20.4. The first kappa shape index (κ1) is 19.3. The zero-order valence-corrected chi connectivity index (χ0v) is 16.6. The summed E-state index contributed by atoms with van der Waals surface area (Å²) in [5, 5.41) is 2.90. The summed E-state index contributed by atoms with van der Waals surface area (Å²) in [6, 6.07) is 10.7. The number of ether oxygens (including phenoxy) is 3. The number of nitrogens with zero attached hydrogens (tertiary/aromatic N) is 1. The van der Waals surface area contributed by atoms with Gasteiger partial charge in [0.05, 0.1) is 14.2 Å². The van der Waals surface area contributed by atoms with E-state index in [4.69, 9.17) is 14.2 Å². The number of fused-ring (bicyclic) bond motifs is 1. The molecule has 1 fully saturated rings. The van der Waals surface area contributed by atoms with Crippen molar-refractivity contribution in [2.75, 3.05) is 37.6 Å². The molecular weight excluding hydrogens is 372 g/mol. The lowest BCUT2D eigenvalue weighted by Crippen LogP contribution is -2.37. The second-order valence-corrected chi connectivity index (χ2v) is 7.11. The predicted octanol–water partition coefficient (Wildman–Crippen LogP) is 3.02. The summed E-state index contributed by atoms with van der Waals surface area (Å²) < 4.78 is 16.0. The van der Waals surface area contributed by atoms with E-state index in [1.54, 1.807) is 30.2 Å². The van der Waals surface area contributed by atoms with Crippen LogP contribution in [-0.4, -0.2) is 45.3 Å². The molecule has 29 heavy (non-hydrogen) atoms. The minimum atomic E-state index is -0.356. The van der Waals surface area contributed by atoms with Crippen LogP contribution in [0.4, 0.5) is 11.4 Å². The smallest absolute Gasteiger partial charge is 0.256 e. The molecule has 2 aromatic rings. The SMILES string of the molecule is COc1ccc(C(=O)Nc2ccc3c(c2)N(C(=O)[C@@H]2CCCO2)CC3)cc1OC. The van der Waals surface area contributed by atoms with E-state index >= 15 is 0 Å². The fourth-order valence-electron chi connectivity index (χ4n) is 3.81. The quantitative estimate of drug-likeness (QED) is 0.841. The Hall–Kier alpha value is -3.06. The van der Waals surface area contributed by atoms with Crippen molar-refractivity contribution in [2.24, 2.45) is 0 Å².